The number of rotatable bonds is 17. The van der Waals surface area contributed by atoms with Crippen LogP contribution in [0, 0.1) is 5.92 Å². The molecule has 0 aliphatic carbocycles. The van der Waals surface area contributed by atoms with Crippen molar-refractivity contribution in [2.45, 2.75) is 52.2 Å². The standard InChI is InChI=1S/C31H46N6O7/c1-22(2)29(34-25(38)10-8-7-9-18-36-27(40)15-16-28(36)41)30(42)37(5,6)20-26(39)33-24-13-11-23(12-14-24)21-44-31(43)35(4)19-17-32-3/h11-16,22,29,32H,7-10,17-21H2,1-6H3,(H-,33,34,38,39)/p+1. The lowest BCUT2D eigenvalue weighted by molar-refractivity contribution is -0.806. The fourth-order valence-electron chi connectivity index (χ4n) is 4.47. The van der Waals surface area contributed by atoms with Crippen molar-refractivity contribution >= 4 is 41.3 Å². The highest BCUT2D eigenvalue weighted by Crippen LogP contribution is 2.15. The Kier molecular flexibility index (Phi) is 14.2. The van der Waals surface area contributed by atoms with Crippen molar-refractivity contribution in [2.75, 3.05) is 59.7 Å². The summed E-state index contributed by atoms with van der Waals surface area (Å²) in [6, 6.07) is 6.10. The van der Waals surface area contributed by atoms with Crippen LogP contribution >= 0.6 is 0 Å². The van der Waals surface area contributed by atoms with Gasteiger partial charge in [-0.15, -0.1) is 0 Å². The van der Waals surface area contributed by atoms with Crippen molar-refractivity contribution in [2.24, 2.45) is 5.92 Å². The molecule has 1 aliphatic heterocycles. The second-order valence-corrected chi connectivity index (χ2v) is 11.8. The molecule has 242 valence electrons. The number of imide groups is 1. The molecule has 0 spiro atoms. The van der Waals surface area contributed by atoms with Crippen molar-refractivity contribution < 1.29 is 38.0 Å². The number of amides is 6. The number of likely N-dealkylation sites (N-methyl/N-ethyl adjacent to an activating group) is 3. The lowest BCUT2D eigenvalue weighted by Gasteiger charge is -2.32. The predicted molar refractivity (Wildman–Crippen MR) is 165 cm³/mol. The Morgan fingerprint density at radius 2 is 1.59 bits per heavy atom. The summed E-state index contributed by atoms with van der Waals surface area (Å²) >= 11 is 0. The highest BCUT2D eigenvalue weighted by molar-refractivity contribution is 6.12. The zero-order valence-corrected chi connectivity index (χ0v) is 26.7. The summed E-state index contributed by atoms with van der Waals surface area (Å²) in [5, 5.41) is 8.59. The van der Waals surface area contributed by atoms with Crippen molar-refractivity contribution in [3.05, 3.63) is 42.0 Å². The number of hydrogen-bond acceptors (Lipinski definition) is 8. The van der Waals surface area contributed by atoms with Gasteiger partial charge >= 0.3 is 12.0 Å². The van der Waals surface area contributed by atoms with Crippen LogP contribution in [0.15, 0.2) is 36.4 Å². The molecule has 2 rings (SSSR count). The lowest BCUT2D eigenvalue weighted by Crippen LogP contribution is -2.59. The Balaban J connectivity index is 1.81. The Labute approximate surface area is 259 Å². The van der Waals surface area contributed by atoms with Crippen LogP contribution in [0.1, 0.15) is 45.1 Å². The van der Waals surface area contributed by atoms with Gasteiger partial charge in [-0.05, 0) is 43.5 Å². The number of nitrogens with one attached hydrogen (secondary N) is 3. The minimum Gasteiger partial charge on any atom is -0.445 e. The first-order chi connectivity index (χ1) is 20.7. The summed E-state index contributed by atoms with van der Waals surface area (Å²) in [5.74, 6) is -1.77. The Morgan fingerprint density at radius 1 is 0.955 bits per heavy atom. The van der Waals surface area contributed by atoms with E-state index >= 15 is 0 Å². The molecule has 3 N–H and O–H groups in total. The predicted octanol–water partition coefficient (Wildman–Crippen LogP) is 1.64. The molecule has 1 unspecified atom stereocenters. The van der Waals surface area contributed by atoms with Crippen molar-refractivity contribution in [3.8, 4) is 0 Å². The van der Waals surface area contributed by atoms with Gasteiger partial charge in [0.1, 0.15) is 12.6 Å². The number of nitrogens with zero attached hydrogens (tertiary/aromatic N) is 3. The van der Waals surface area contributed by atoms with Crippen LogP contribution in [0.3, 0.4) is 0 Å². The van der Waals surface area contributed by atoms with Gasteiger partial charge in [0, 0.05) is 50.9 Å². The number of carbonyl (C=O) groups excluding carboxylic acids is 6. The zero-order valence-electron chi connectivity index (χ0n) is 26.7. The number of ether oxygens (including phenoxy) is 1. The number of carbonyl (C=O) groups is 6. The van der Waals surface area contributed by atoms with Crippen molar-refractivity contribution in [1.82, 2.24) is 20.4 Å². The molecule has 0 aromatic heterocycles. The topological polar surface area (TPSA) is 154 Å². The molecule has 6 amide bonds. The minimum atomic E-state index is -0.782. The van der Waals surface area contributed by atoms with Crippen LogP contribution in [0.5, 0.6) is 0 Å². The molecule has 1 heterocycles. The molecule has 0 bridgehead atoms. The second kappa shape index (κ2) is 17.3. The first-order valence-electron chi connectivity index (χ1n) is 14.9. The summed E-state index contributed by atoms with van der Waals surface area (Å²) in [6.45, 7) is 5.11. The third-order valence-electron chi connectivity index (χ3n) is 7.18. The van der Waals surface area contributed by atoms with E-state index in [1.165, 1.54) is 22.0 Å². The summed E-state index contributed by atoms with van der Waals surface area (Å²) in [5.41, 5.74) is 1.29. The number of quaternary nitrogens is 1. The van der Waals surface area contributed by atoms with Gasteiger partial charge in [-0.3, -0.25) is 28.6 Å². The zero-order chi connectivity index (χ0) is 32.9. The van der Waals surface area contributed by atoms with Crippen LogP contribution in [0.25, 0.3) is 0 Å². The number of benzene rings is 1. The molecule has 13 nitrogen and oxygen atoms in total. The summed E-state index contributed by atoms with van der Waals surface area (Å²) < 4.78 is 5.04. The molecule has 1 aliphatic rings. The molecule has 1 aromatic rings. The molecule has 0 fully saturated rings. The van der Waals surface area contributed by atoms with Crippen molar-refractivity contribution in [3.63, 3.8) is 0 Å². The second-order valence-electron chi connectivity index (χ2n) is 11.8. The van der Waals surface area contributed by atoms with E-state index in [-0.39, 0.29) is 59.5 Å². The van der Waals surface area contributed by atoms with E-state index in [9.17, 15) is 28.8 Å². The van der Waals surface area contributed by atoms with Gasteiger partial charge in [-0.2, -0.15) is 0 Å². The molecule has 0 saturated carbocycles. The maximum atomic E-state index is 13.4. The van der Waals surface area contributed by atoms with Crippen LogP contribution in [0.2, 0.25) is 0 Å². The Morgan fingerprint density at radius 3 is 2.18 bits per heavy atom. The fourth-order valence-corrected chi connectivity index (χ4v) is 4.47. The molecular weight excluding hydrogens is 568 g/mol. The molecule has 0 radical (unpaired) electrons. The average molecular weight is 616 g/mol. The quantitative estimate of drug-likeness (QED) is 0.136. The van der Waals surface area contributed by atoms with E-state index in [0.29, 0.717) is 44.6 Å². The monoisotopic (exact) mass is 615 g/mol. The highest BCUT2D eigenvalue weighted by Gasteiger charge is 2.38. The molecule has 44 heavy (non-hydrogen) atoms. The third kappa shape index (κ3) is 11.5. The largest absolute Gasteiger partial charge is 0.445 e. The Hall–Kier alpha value is -4.10. The van der Waals surface area contributed by atoms with E-state index in [4.69, 9.17) is 4.74 Å². The van der Waals surface area contributed by atoms with Crippen molar-refractivity contribution in [1.29, 1.82) is 0 Å². The number of hydrogen-bond donors (Lipinski definition) is 3. The van der Waals surface area contributed by atoms with Crippen LogP contribution in [-0.4, -0.2) is 110 Å². The van der Waals surface area contributed by atoms with Crippen LogP contribution < -0.4 is 16.0 Å². The molecular formula is C31H47N6O7+. The van der Waals surface area contributed by atoms with Gasteiger partial charge in [0.25, 0.3) is 17.7 Å². The molecule has 1 aromatic carbocycles. The lowest BCUT2D eigenvalue weighted by atomic mass is 10.0. The van der Waals surface area contributed by atoms with Crippen LogP contribution in [-0.2, 0) is 35.3 Å². The first-order valence-corrected chi connectivity index (χ1v) is 14.9. The maximum Gasteiger partial charge on any atom is 0.409 e. The van der Waals surface area contributed by atoms with Crippen LogP contribution in [0.4, 0.5) is 10.5 Å². The van der Waals surface area contributed by atoms with Gasteiger partial charge < -0.3 is 25.6 Å². The van der Waals surface area contributed by atoms with Gasteiger partial charge in [0.2, 0.25) is 5.91 Å². The van der Waals surface area contributed by atoms with Gasteiger partial charge in [0.15, 0.2) is 6.54 Å². The summed E-state index contributed by atoms with van der Waals surface area (Å²) in [4.78, 5) is 76.9. The third-order valence-corrected chi connectivity index (χ3v) is 7.18. The number of anilines is 1. The first kappa shape index (κ1) is 36.1. The number of unbranched alkanes of at least 4 members (excludes halogenated alkanes) is 2. The smallest absolute Gasteiger partial charge is 0.409 e. The normalized spacial score (nSPS) is 13.7. The SMILES string of the molecule is CNCCN(C)C(=O)OCc1ccc(NC(=O)C[N+](C)(C)C(=O)C(NC(=O)CCCCCN2C(=O)C=CC2=O)C(C)C)cc1. The molecule has 13 heteroatoms. The fraction of sp³-hybridized carbons (Fsp3) is 0.548. The van der Waals surface area contributed by atoms with E-state index in [1.54, 1.807) is 52.5 Å². The van der Waals surface area contributed by atoms with Gasteiger partial charge in [0.05, 0.1) is 14.1 Å². The molecule has 1 atom stereocenters. The maximum absolute atomic E-state index is 13.4. The van der Waals surface area contributed by atoms with Gasteiger partial charge in [-0.25, -0.2) is 9.59 Å². The van der Waals surface area contributed by atoms with E-state index in [0.717, 1.165) is 5.56 Å². The summed E-state index contributed by atoms with van der Waals surface area (Å²) in [7, 11) is 6.72. The average Bonchev–Trinajstić information content (AvgIpc) is 3.29. The van der Waals surface area contributed by atoms with Gasteiger partial charge in [-0.1, -0.05) is 32.4 Å². The van der Waals surface area contributed by atoms with E-state index < -0.39 is 12.1 Å². The molecule has 0 saturated heterocycles. The van der Waals surface area contributed by atoms with E-state index in [2.05, 4.69) is 16.0 Å². The Bertz CT molecular complexity index is 1190. The minimum absolute atomic E-state index is 0.0933. The highest BCUT2D eigenvalue weighted by atomic mass is 16.6. The summed E-state index contributed by atoms with van der Waals surface area (Å²) in [6.07, 6.45) is 4.04. The van der Waals surface area contributed by atoms with E-state index in [1.807, 2.05) is 13.8 Å².